The maximum atomic E-state index is 13.6. The summed E-state index contributed by atoms with van der Waals surface area (Å²) < 4.78 is 26.4. The predicted octanol–water partition coefficient (Wildman–Crippen LogP) is 3.86. The summed E-state index contributed by atoms with van der Waals surface area (Å²) >= 11 is 0. The van der Waals surface area contributed by atoms with Gasteiger partial charge in [-0.1, -0.05) is 39.0 Å². The van der Waals surface area contributed by atoms with Gasteiger partial charge in [0.25, 0.3) is 0 Å². The Morgan fingerprint density at radius 3 is 2.21 bits per heavy atom. The summed E-state index contributed by atoms with van der Waals surface area (Å²) in [7, 11) is 1.94. The minimum Gasteiger partial charge on any atom is -0.302 e. The number of benzene rings is 1. The van der Waals surface area contributed by atoms with Crippen LogP contribution in [-0.4, -0.2) is 13.6 Å². The molecule has 1 unspecified atom stereocenters. The lowest BCUT2D eigenvalue weighted by Gasteiger charge is -2.14. The number of nitrogens with one attached hydrogen (secondary N) is 1. The Morgan fingerprint density at radius 1 is 0.947 bits per heavy atom. The van der Waals surface area contributed by atoms with E-state index in [-0.39, 0.29) is 0 Å². The van der Waals surface area contributed by atoms with Gasteiger partial charge in [-0.3, -0.25) is 0 Å². The lowest BCUT2D eigenvalue weighted by Crippen LogP contribution is -3.04. The molecule has 1 atom stereocenters. The summed E-state index contributed by atoms with van der Waals surface area (Å²) in [6, 6.07) is 3.83. The van der Waals surface area contributed by atoms with Crippen LogP contribution in [-0.2, 0) is 0 Å². The van der Waals surface area contributed by atoms with Crippen molar-refractivity contribution in [3.05, 3.63) is 29.8 Å². The van der Waals surface area contributed by atoms with Crippen LogP contribution in [0.15, 0.2) is 18.2 Å². The van der Waals surface area contributed by atoms with E-state index < -0.39 is 11.6 Å². The van der Waals surface area contributed by atoms with Gasteiger partial charge in [-0.05, 0) is 18.9 Å². The quantitative estimate of drug-likeness (QED) is 0.650. The summed E-state index contributed by atoms with van der Waals surface area (Å²) in [5.74, 6) is -0.953. The van der Waals surface area contributed by atoms with Gasteiger partial charge in [-0.2, -0.15) is 0 Å². The van der Waals surface area contributed by atoms with Gasteiger partial charge in [0.2, 0.25) is 0 Å². The van der Waals surface area contributed by atoms with Crippen molar-refractivity contribution in [2.24, 2.45) is 0 Å². The topological polar surface area (TPSA) is 4.44 Å². The van der Waals surface area contributed by atoms with Gasteiger partial charge in [0.15, 0.2) is 11.5 Å². The van der Waals surface area contributed by atoms with Gasteiger partial charge in [0.05, 0.1) is 13.6 Å². The van der Waals surface area contributed by atoms with Crippen LogP contribution < -0.4 is 4.90 Å². The van der Waals surface area contributed by atoms with Crippen LogP contribution in [0.25, 0.3) is 0 Å². The molecule has 0 aliphatic heterocycles. The van der Waals surface area contributed by atoms with E-state index in [0.717, 1.165) is 23.9 Å². The first kappa shape index (κ1) is 16.1. The Bertz CT molecular complexity index is 366. The summed E-state index contributed by atoms with van der Waals surface area (Å²) in [5.41, 5.74) is 0.562. The highest BCUT2D eigenvalue weighted by Crippen LogP contribution is 2.11. The zero-order valence-electron chi connectivity index (χ0n) is 12.1. The lowest BCUT2D eigenvalue weighted by molar-refractivity contribution is -0.811. The molecule has 108 valence electrons. The van der Waals surface area contributed by atoms with E-state index in [9.17, 15) is 8.78 Å². The van der Waals surface area contributed by atoms with Crippen molar-refractivity contribution in [1.82, 2.24) is 0 Å². The fraction of sp³-hybridized carbons (Fsp3) is 0.625. The average molecular weight is 270 g/mol. The third-order valence-electron chi connectivity index (χ3n) is 3.55. The second-order valence-corrected chi connectivity index (χ2v) is 5.28. The van der Waals surface area contributed by atoms with Crippen LogP contribution >= 0.6 is 0 Å². The van der Waals surface area contributed by atoms with E-state index in [1.54, 1.807) is 6.07 Å². The first-order chi connectivity index (χ1) is 9.15. The molecule has 0 amide bonds. The van der Waals surface area contributed by atoms with E-state index in [4.69, 9.17) is 0 Å². The highest BCUT2D eigenvalue weighted by atomic mass is 19.1. The van der Waals surface area contributed by atoms with Crippen LogP contribution in [0.2, 0.25) is 0 Å². The monoisotopic (exact) mass is 270 g/mol. The second kappa shape index (κ2) is 9.03. The second-order valence-electron chi connectivity index (χ2n) is 5.28. The van der Waals surface area contributed by atoms with E-state index in [0.29, 0.717) is 5.69 Å². The smallest absolute Gasteiger partial charge is 0.186 e. The molecule has 0 saturated carbocycles. The summed E-state index contributed by atoms with van der Waals surface area (Å²) in [6.45, 7) is 3.12. The van der Waals surface area contributed by atoms with Gasteiger partial charge in [0.1, 0.15) is 5.82 Å². The molecule has 0 fully saturated rings. The molecule has 0 heterocycles. The number of hydrogen-bond donors (Lipinski definition) is 1. The third kappa shape index (κ3) is 6.15. The SMILES string of the molecule is CCCCCCCCC[NH+](C)c1ccc(F)cc1F. The lowest BCUT2D eigenvalue weighted by atomic mass is 10.1. The zero-order valence-corrected chi connectivity index (χ0v) is 12.1. The maximum Gasteiger partial charge on any atom is 0.186 e. The largest absolute Gasteiger partial charge is 0.302 e. The normalized spacial score (nSPS) is 12.6. The van der Waals surface area contributed by atoms with Crippen LogP contribution in [0.5, 0.6) is 0 Å². The van der Waals surface area contributed by atoms with Gasteiger partial charge in [-0.15, -0.1) is 0 Å². The molecule has 19 heavy (non-hydrogen) atoms. The Balaban J connectivity index is 2.22. The molecule has 0 bridgehead atoms. The first-order valence-corrected chi connectivity index (χ1v) is 7.43. The summed E-state index contributed by atoms with van der Waals surface area (Å²) in [6.07, 6.45) is 8.78. The Labute approximate surface area is 115 Å². The molecule has 1 rings (SSSR count). The van der Waals surface area contributed by atoms with E-state index >= 15 is 0 Å². The number of halogens is 2. The van der Waals surface area contributed by atoms with Gasteiger partial charge in [0, 0.05) is 12.1 Å². The number of quaternary nitrogens is 1. The molecular formula is C16H26F2N+. The molecule has 0 saturated heterocycles. The van der Waals surface area contributed by atoms with Crippen LogP contribution in [0, 0.1) is 11.6 Å². The minimum absolute atomic E-state index is 0.444. The van der Waals surface area contributed by atoms with E-state index in [1.165, 1.54) is 44.6 Å². The van der Waals surface area contributed by atoms with Crippen LogP contribution in [0.1, 0.15) is 51.9 Å². The Kier molecular flexibility index (Phi) is 7.65. The maximum absolute atomic E-state index is 13.6. The molecule has 0 aliphatic carbocycles. The number of unbranched alkanes of at least 4 members (excludes halogenated alkanes) is 6. The van der Waals surface area contributed by atoms with E-state index in [2.05, 4.69) is 6.92 Å². The standard InChI is InChI=1S/C16H25F2N/c1-3-4-5-6-7-8-9-12-19(2)16-11-10-14(17)13-15(16)18/h10-11,13H,3-9,12H2,1-2H3/p+1. The van der Waals surface area contributed by atoms with E-state index in [1.807, 2.05) is 7.05 Å². The molecule has 1 aromatic carbocycles. The molecule has 0 radical (unpaired) electrons. The Morgan fingerprint density at radius 2 is 1.58 bits per heavy atom. The first-order valence-electron chi connectivity index (χ1n) is 7.43. The number of hydrogen-bond acceptors (Lipinski definition) is 0. The molecule has 1 N–H and O–H groups in total. The van der Waals surface area contributed by atoms with Crippen molar-refractivity contribution >= 4 is 5.69 Å². The van der Waals surface area contributed by atoms with Gasteiger partial charge < -0.3 is 4.90 Å². The summed E-state index contributed by atoms with van der Waals surface area (Å²) in [4.78, 5) is 1.02. The average Bonchev–Trinajstić information content (AvgIpc) is 2.37. The third-order valence-corrected chi connectivity index (χ3v) is 3.55. The van der Waals surface area contributed by atoms with Crippen molar-refractivity contribution in [1.29, 1.82) is 0 Å². The number of rotatable bonds is 9. The van der Waals surface area contributed by atoms with Crippen molar-refractivity contribution in [3.8, 4) is 0 Å². The van der Waals surface area contributed by atoms with Crippen LogP contribution in [0.4, 0.5) is 14.5 Å². The minimum atomic E-state index is -0.509. The highest BCUT2D eigenvalue weighted by Gasteiger charge is 2.12. The molecule has 3 heteroatoms. The molecular weight excluding hydrogens is 244 g/mol. The van der Waals surface area contributed by atoms with Crippen molar-refractivity contribution in [3.63, 3.8) is 0 Å². The van der Waals surface area contributed by atoms with Gasteiger partial charge >= 0.3 is 0 Å². The Hall–Kier alpha value is -0.960. The zero-order chi connectivity index (χ0) is 14.1. The predicted molar refractivity (Wildman–Crippen MR) is 75.8 cm³/mol. The van der Waals surface area contributed by atoms with Crippen molar-refractivity contribution < 1.29 is 13.7 Å². The molecule has 1 aromatic rings. The molecule has 0 aliphatic rings. The van der Waals surface area contributed by atoms with Crippen molar-refractivity contribution in [2.75, 3.05) is 13.6 Å². The highest BCUT2D eigenvalue weighted by molar-refractivity contribution is 5.30. The van der Waals surface area contributed by atoms with Crippen LogP contribution in [0.3, 0.4) is 0 Å². The molecule has 0 spiro atoms. The fourth-order valence-corrected chi connectivity index (χ4v) is 2.32. The molecule has 1 nitrogen and oxygen atoms in total. The van der Waals surface area contributed by atoms with Crippen molar-refractivity contribution in [2.45, 2.75) is 51.9 Å². The molecule has 0 aromatic heterocycles. The van der Waals surface area contributed by atoms with Gasteiger partial charge in [-0.25, -0.2) is 8.78 Å². The fourth-order valence-electron chi connectivity index (χ4n) is 2.32. The summed E-state index contributed by atoms with van der Waals surface area (Å²) in [5, 5.41) is 0.